The van der Waals surface area contributed by atoms with Crippen molar-refractivity contribution in [2.75, 3.05) is 5.73 Å². The van der Waals surface area contributed by atoms with E-state index in [4.69, 9.17) is 10.5 Å². The van der Waals surface area contributed by atoms with Crippen LogP contribution in [0.3, 0.4) is 0 Å². The number of hydrogen-bond acceptors (Lipinski definition) is 3. The first kappa shape index (κ1) is 12.3. The van der Waals surface area contributed by atoms with Gasteiger partial charge in [-0.25, -0.2) is 4.39 Å². The first-order chi connectivity index (χ1) is 8.06. The summed E-state index contributed by atoms with van der Waals surface area (Å²) < 4.78 is 19.9. The van der Waals surface area contributed by atoms with Gasteiger partial charge in [-0.3, -0.25) is 4.98 Å². The summed E-state index contributed by atoms with van der Waals surface area (Å²) in [6.45, 7) is 0. The third kappa shape index (κ3) is 2.95. The van der Waals surface area contributed by atoms with E-state index in [1.807, 2.05) is 0 Å². The minimum absolute atomic E-state index is 0.255. The zero-order valence-corrected chi connectivity index (χ0v) is 11.6. The number of benzene rings is 1. The Morgan fingerprint density at radius 1 is 1.18 bits per heavy atom. The molecule has 0 saturated carbocycles. The number of anilines is 1. The molecule has 2 aromatic rings. The smallest absolute Gasteiger partial charge is 0.153 e. The Bertz CT molecular complexity index is 563. The Labute approximate surface area is 114 Å². The SMILES string of the molecule is Nc1cc(Br)c(F)cc1Oc1cncc(Br)c1. The largest absolute Gasteiger partial charge is 0.453 e. The lowest BCUT2D eigenvalue weighted by Gasteiger charge is -2.09. The van der Waals surface area contributed by atoms with E-state index in [1.165, 1.54) is 18.3 Å². The normalized spacial score (nSPS) is 10.3. The fraction of sp³-hybridized carbons (Fsp3) is 0. The van der Waals surface area contributed by atoms with E-state index in [9.17, 15) is 4.39 Å². The lowest BCUT2D eigenvalue weighted by atomic mass is 10.3. The molecule has 17 heavy (non-hydrogen) atoms. The van der Waals surface area contributed by atoms with E-state index in [2.05, 4.69) is 36.8 Å². The van der Waals surface area contributed by atoms with Gasteiger partial charge < -0.3 is 10.5 Å². The number of rotatable bonds is 2. The highest BCUT2D eigenvalue weighted by Gasteiger charge is 2.08. The standard InChI is InChI=1S/C11H7Br2FN2O/c12-6-1-7(5-16-4-6)17-11-3-9(14)8(13)2-10(11)15/h1-5H,15H2. The average Bonchev–Trinajstić information content (AvgIpc) is 2.26. The minimum atomic E-state index is -0.433. The van der Waals surface area contributed by atoms with Crippen molar-refractivity contribution in [3.05, 3.63) is 45.4 Å². The second kappa shape index (κ2) is 5.01. The molecule has 0 saturated heterocycles. The van der Waals surface area contributed by atoms with E-state index < -0.39 is 5.82 Å². The molecule has 0 bridgehead atoms. The Balaban J connectivity index is 2.33. The van der Waals surface area contributed by atoms with Crippen molar-refractivity contribution in [1.82, 2.24) is 4.98 Å². The predicted octanol–water partition coefficient (Wildman–Crippen LogP) is 4.12. The number of pyridine rings is 1. The molecule has 0 spiro atoms. The van der Waals surface area contributed by atoms with Crippen molar-refractivity contribution in [1.29, 1.82) is 0 Å². The molecule has 0 radical (unpaired) electrons. The molecule has 0 aliphatic rings. The predicted molar refractivity (Wildman–Crippen MR) is 70.5 cm³/mol. The summed E-state index contributed by atoms with van der Waals surface area (Å²) >= 11 is 6.31. The third-order valence-corrected chi connectivity index (χ3v) is 3.00. The van der Waals surface area contributed by atoms with Crippen molar-refractivity contribution in [3.63, 3.8) is 0 Å². The Morgan fingerprint density at radius 2 is 1.94 bits per heavy atom. The summed E-state index contributed by atoms with van der Waals surface area (Å²) in [6.07, 6.45) is 3.14. The number of ether oxygens (including phenoxy) is 1. The van der Waals surface area contributed by atoms with Gasteiger partial charge in [0.25, 0.3) is 0 Å². The molecular weight excluding hydrogens is 355 g/mol. The first-order valence-corrected chi connectivity index (χ1v) is 6.18. The van der Waals surface area contributed by atoms with Gasteiger partial charge in [0.05, 0.1) is 16.4 Å². The van der Waals surface area contributed by atoms with Crippen LogP contribution in [-0.2, 0) is 0 Å². The second-order valence-corrected chi connectivity index (χ2v) is 5.02. The van der Waals surface area contributed by atoms with E-state index >= 15 is 0 Å². The Kier molecular flexibility index (Phi) is 3.63. The summed E-state index contributed by atoms with van der Waals surface area (Å²) in [5.41, 5.74) is 6.07. The van der Waals surface area contributed by atoms with Gasteiger partial charge in [-0.15, -0.1) is 0 Å². The van der Waals surface area contributed by atoms with E-state index in [0.717, 1.165) is 4.47 Å². The molecule has 3 nitrogen and oxygen atoms in total. The molecule has 6 heteroatoms. The number of nitrogen functional groups attached to an aromatic ring is 1. The minimum Gasteiger partial charge on any atom is -0.453 e. The van der Waals surface area contributed by atoms with E-state index in [1.54, 1.807) is 12.3 Å². The van der Waals surface area contributed by atoms with Crippen LogP contribution in [0, 0.1) is 5.82 Å². The first-order valence-electron chi connectivity index (χ1n) is 4.59. The molecule has 0 amide bonds. The molecular formula is C11H7Br2FN2O. The molecule has 2 N–H and O–H groups in total. The maximum absolute atomic E-state index is 13.3. The quantitative estimate of drug-likeness (QED) is 0.818. The van der Waals surface area contributed by atoms with Crippen LogP contribution in [0.4, 0.5) is 10.1 Å². The van der Waals surface area contributed by atoms with Crippen LogP contribution >= 0.6 is 31.9 Å². The van der Waals surface area contributed by atoms with Crippen LogP contribution in [0.15, 0.2) is 39.5 Å². The van der Waals surface area contributed by atoms with Crippen LogP contribution in [0.5, 0.6) is 11.5 Å². The summed E-state index contributed by atoms with van der Waals surface area (Å²) in [5.74, 6) is 0.301. The van der Waals surface area contributed by atoms with Crippen molar-refractivity contribution >= 4 is 37.5 Å². The van der Waals surface area contributed by atoms with Crippen molar-refractivity contribution in [3.8, 4) is 11.5 Å². The molecule has 88 valence electrons. The number of aromatic nitrogens is 1. The average molecular weight is 362 g/mol. The lowest BCUT2D eigenvalue weighted by molar-refractivity contribution is 0.476. The highest BCUT2D eigenvalue weighted by molar-refractivity contribution is 9.10. The molecule has 2 rings (SSSR count). The zero-order chi connectivity index (χ0) is 12.4. The fourth-order valence-corrected chi connectivity index (χ4v) is 1.91. The second-order valence-electron chi connectivity index (χ2n) is 3.25. The summed E-state index contributed by atoms with van der Waals surface area (Å²) in [6, 6.07) is 4.39. The van der Waals surface area contributed by atoms with Gasteiger partial charge >= 0.3 is 0 Å². The van der Waals surface area contributed by atoms with Crippen molar-refractivity contribution in [2.45, 2.75) is 0 Å². The molecule has 0 fully saturated rings. The highest BCUT2D eigenvalue weighted by Crippen LogP contribution is 2.32. The topological polar surface area (TPSA) is 48.1 Å². The van der Waals surface area contributed by atoms with Gasteiger partial charge in [0.2, 0.25) is 0 Å². The molecule has 1 heterocycles. The van der Waals surface area contributed by atoms with Crippen LogP contribution in [0.1, 0.15) is 0 Å². The Morgan fingerprint density at radius 3 is 2.65 bits per heavy atom. The number of nitrogens with two attached hydrogens (primary N) is 1. The Hall–Kier alpha value is -1.14. The molecule has 1 aromatic carbocycles. The van der Waals surface area contributed by atoms with Gasteiger partial charge in [0, 0.05) is 16.7 Å². The highest BCUT2D eigenvalue weighted by atomic mass is 79.9. The maximum atomic E-state index is 13.3. The molecule has 0 aliphatic heterocycles. The third-order valence-electron chi connectivity index (χ3n) is 1.96. The van der Waals surface area contributed by atoms with Crippen molar-refractivity contribution < 1.29 is 9.13 Å². The number of hydrogen-bond donors (Lipinski definition) is 1. The lowest BCUT2D eigenvalue weighted by Crippen LogP contribution is -1.94. The van der Waals surface area contributed by atoms with Crippen LogP contribution in [0.2, 0.25) is 0 Å². The van der Waals surface area contributed by atoms with Gasteiger partial charge in [-0.05, 0) is 44.0 Å². The number of nitrogens with zero attached hydrogens (tertiary/aromatic N) is 1. The van der Waals surface area contributed by atoms with Crippen LogP contribution < -0.4 is 10.5 Å². The molecule has 0 unspecified atom stereocenters. The molecule has 0 atom stereocenters. The van der Waals surface area contributed by atoms with Gasteiger partial charge in [0.1, 0.15) is 11.6 Å². The zero-order valence-electron chi connectivity index (χ0n) is 8.45. The summed E-state index contributed by atoms with van der Waals surface area (Å²) in [7, 11) is 0. The van der Waals surface area contributed by atoms with Gasteiger partial charge in [-0.1, -0.05) is 0 Å². The summed E-state index contributed by atoms with van der Waals surface area (Å²) in [4.78, 5) is 3.93. The maximum Gasteiger partial charge on any atom is 0.153 e. The van der Waals surface area contributed by atoms with Gasteiger partial charge in [-0.2, -0.15) is 0 Å². The fourth-order valence-electron chi connectivity index (χ4n) is 1.21. The molecule has 0 aliphatic carbocycles. The molecule has 1 aromatic heterocycles. The van der Waals surface area contributed by atoms with Crippen molar-refractivity contribution in [2.24, 2.45) is 0 Å². The van der Waals surface area contributed by atoms with E-state index in [-0.39, 0.29) is 5.75 Å². The van der Waals surface area contributed by atoms with Crippen LogP contribution in [0.25, 0.3) is 0 Å². The van der Waals surface area contributed by atoms with Crippen LogP contribution in [-0.4, -0.2) is 4.98 Å². The monoisotopic (exact) mass is 360 g/mol. The number of halogens is 3. The van der Waals surface area contributed by atoms with Gasteiger partial charge in [0.15, 0.2) is 5.75 Å². The summed E-state index contributed by atoms with van der Waals surface area (Å²) in [5, 5.41) is 0. The van der Waals surface area contributed by atoms with E-state index in [0.29, 0.717) is 15.9 Å².